The number of hydrogen-bond donors (Lipinski definition) is 0. The molecule has 0 amide bonds. The van der Waals surface area contributed by atoms with Gasteiger partial charge in [-0.15, -0.1) is 0 Å². The molecule has 0 saturated carbocycles. The zero-order valence-electron chi connectivity index (χ0n) is 22.4. The smallest absolute Gasteiger partial charge is 0.234 e. The van der Waals surface area contributed by atoms with Gasteiger partial charge in [0.05, 0.1) is 21.4 Å². The number of para-hydroxylation sites is 2. The molecule has 0 aromatic heterocycles. The first kappa shape index (κ1) is 26.9. The molecule has 0 spiro atoms. The molecular formula is C32H36N2O2S2. The Morgan fingerprint density at radius 2 is 1.03 bits per heavy atom. The van der Waals surface area contributed by atoms with E-state index in [1.54, 1.807) is 23.5 Å². The molecule has 0 N–H and O–H groups in total. The number of fused-ring (bicyclic) bond motifs is 2. The first-order valence-electron chi connectivity index (χ1n) is 14.0. The molecule has 2 aliphatic heterocycles. The Morgan fingerprint density at radius 3 is 1.45 bits per heavy atom. The number of nitrogens with zero attached hydrogens (tertiary/aromatic N) is 2. The highest BCUT2D eigenvalue weighted by molar-refractivity contribution is 8.04. The topological polar surface area (TPSA) is 40.6 Å². The third-order valence-electron chi connectivity index (χ3n) is 7.27. The fraction of sp³-hybridized carbons (Fsp3) is 0.375. The van der Waals surface area contributed by atoms with Crippen LogP contribution in [0.5, 0.6) is 0 Å². The van der Waals surface area contributed by atoms with Crippen molar-refractivity contribution < 1.29 is 0 Å². The quantitative estimate of drug-likeness (QED) is 0.169. The lowest BCUT2D eigenvalue weighted by Crippen LogP contribution is -2.37. The molecule has 0 aliphatic carbocycles. The Hall–Kier alpha value is -2.70. The van der Waals surface area contributed by atoms with Crippen LogP contribution >= 0.6 is 23.5 Å². The summed E-state index contributed by atoms with van der Waals surface area (Å²) in [7, 11) is 0. The van der Waals surface area contributed by atoms with Gasteiger partial charge in [0.1, 0.15) is 0 Å². The van der Waals surface area contributed by atoms with Gasteiger partial charge in [0.15, 0.2) is 0 Å². The van der Waals surface area contributed by atoms with Crippen LogP contribution in [0.3, 0.4) is 0 Å². The summed E-state index contributed by atoms with van der Waals surface area (Å²) in [4.78, 5) is 32.7. The number of thioether (sulfide) groups is 2. The highest BCUT2D eigenvalue weighted by Crippen LogP contribution is 2.48. The summed E-state index contributed by atoms with van der Waals surface area (Å²) in [5.74, 6) is 0. The first-order valence-corrected chi connectivity index (χ1v) is 15.6. The van der Waals surface area contributed by atoms with Gasteiger partial charge >= 0.3 is 0 Å². The van der Waals surface area contributed by atoms with E-state index in [0.717, 1.165) is 36.0 Å². The minimum absolute atomic E-state index is 0.373. The van der Waals surface area contributed by atoms with Gasteiger partial charge < -0.3 is 9.80 Å². The van der Waals surface area contributed by atoms with Crippen LogP contribution in [0.15, 0.2) is 78.0 Å². The van der Waals surface area contributed by atoms with Crippen molar-refractivity contribution in [3.05, 3.63) is 90.2 Å². The minimum Gasteiger partial charge on any atom is -0.335 e. The van der Waals surface area contributed by atoms with Crippen molar-refractivity contribution in [2.24, 2.45) is 0 Å². The number of unbranched alkanes of at least 4 members (excludes halogenated alkanes) is 6. The number of benzene rings is 2. The molecule has 198 valence electrons. The average Bonchev–Trinajstić information content (AvgIpc) is 3.48. The number of anilines is 2. The van der Waals surface area contributed by atoms with Crippen molar-refractivity contribution >= 4 is 47.1 Å². The van der Waals surface area contributed by atoms with Crippen LogP contribution in [-0.4, -0.2) is 13.1 Å². The van der Waals surface area contributed by atoms with Crippen molar-refractivity contribution in [1.29, 1.82) is 0 Å². The zero-order valence-corrected chi connectivity index (χ0v) is 24.0. The van der Waals surface area contributed by atoms with Crippen molar-refractivity contribution in [3.8, 4) is 0 Å². The van der Waals surface area contributed by atoms with Crippen LogP contribution in [-0.2, 0) is 0 Å². The molecule has 5 rings (SSSR count). The molecular weight excluding hydrogens is 508 g/mol. The van der Waals surface area contributed by atoms with Crippen molar-refractivity contribution in [2.45, 2.75) is 75.0 Å². The molecule has 0 radical (unpaired) electrons. The molecule has 38 heavy (non-hydrogen) atoms. The Labute approximate surface area is 234 Å². The largest absolute Gasteiger partial charge is 0.335 e. The molecule has 0 saturated heterocycles. The molecule has 0 bridgehead atoms. The summed E-state index contributed by atoms with van der Waals surface area (Å²) >= 11 is 3.39. The first-order chi connectivity index (χ1) is 18.6. The normalized spacial score (nSPS) is 16.7. The second-order valence-corrected chi connectivity index (χ2v) is 12.1. The Balaban J connectivity index is 1.44. The predicted octanol–water partition coefficient (Wildman–Crippen LogP) is 8.26. The lowest BCUT2D eigenvalue weighted by molar-refractivity contribution is 0.666. The van der Waals surface area contributed by atoms with Crippen molar-refractivity contribution in [2.75, 3.05) is 22.9 Å². The molecule has 6 heteroatoms. The Bertz CT molecular complexity index is 1310. The zero-order chi connectivity index (χ0) is 26.5. The van der Waals surface area contributed by atoms with Crippen LogP contribution in [0.25, 0.3) is 12.2 Å². The van der Waals surface area contributed by atoms with E-state index in [1.807, 2.05) is 12.2 Å². The third kappa shape index (κ3) is 5.52. The number of hydrogen-bond acceptors (Lipinski definition) is 6. The Morgan fingerprint density at radius 1 is 0.605 bits per heavy atom. The van der Waals surface area contributed by atoms with E-state index in [2.05, 4.69) is 72.2 Å². The predicted molar refractivity (Wildman–Crippen MR) is 165 cm³/mol. The summed E-state index contributed by atoms with van der Waals surface area (Å²) in [5.41, 5.74) is 2.72. The fourth-order valence-electron chi connectivity index (χ4n) is 5.14. The van der Waals surface area contributed by atoms with Crippen molar-refractivity contribution in [3.63, 3.8) is 0 Å². The van der Waals surface area contributed by atoms with Crippen molar-refractivity contribution in [1.82, 2.24) is 0 Å². The molecule has 0 atom stereocenters. The highest BCUT2D eigenvalue weighted by atomic mass is 32.2. The van der Waals surface area contributed by atoms with Gasteiger partial charge in [-0.3, -0.25) is 9.59 Å². The maximum atomic E-state index is 12.8. The lowest BCUT2D eigenvalue weighted by Gasteiger charge is -2.22. The fourth-order valence-corrected chi connectivity index (χ4v) is 7.40. The average molecular weight is 545 g/mol. The Kier molecular flexibility index (Phi) is 8.80. The standard InChI is InChI=1S/C32H36N2O2S2/c1-3-5-7-13-19-33-25-15-9-11-17-27(25)37-29(33)21-23-24(32(36)31(23)35)22-30-34(20-14-8-6-4-2)26-16-10-12-18-28(26)38-30/h9-12,15-18,21-22H,3-8,13-14,19-20H2,1-2H3/b29-21-,30-22+. The van der Waals surface area contributed by atoms with Crippen LogP contribution in [0.2, 0.25) is 0 Å². The van der Waals surface area contributed by atoms with E-state index in [9.17, 15) is 9.59 Å². The van der Waals surface area contributed by atoms with Gasteiger partial charge in [-0.1, -0.05) is 100 Å². The van der Waals surface area contributed by atoms with Gasteiger partial charge in [-0.2, -0.15) is 0 Å². The second-order valence-electron chi connectivity index (χ2n) is 10.0. The van der Waals surface area contributed by atoms with Crippen LogP contribution in [0, 0.1) is 0 Å². The molecule has 2 heterocycles. The maximum absolute atomic E-state index is 12.8. The van der Waals surface area contributed by atoms with Gasteiger partial charge in [-0.25, -0.2) is 0 Å². The molecule has 3 aromatic rings. The van der Waals surface area contributed by atoms with Crippen LogP contribution in [0.4, 0.5) is 11.4 Å². The maximum Gasteiger partial charge on any atom is 0.234 e. The third-order valence-corrected chi connectivity index (χ3v) is 9.49. The van der Waals surface area contributed by atoms with Crippen LogP contribution < -0.4 is 20.7 Å². The van der Waals surface area contributed by atoms with E-state index in [4.69, 9.17) is 0 Å². The van der Waals surface area contributed by atoms with E-state index in [0.29, 0.717) is 11.1 Å². The molecule has 4 nitrogen and oxygen atoms in total. The van der Waals surface area contributed by atoms with Gasteiger partial charge in [-0.05, 0) is 49.3 Å². The summed E-state index contributed by atoms with van der Waals surface area (Å²) in [6, 6.07) is 16.8. The minimum atomic E-state index is -0.373. The van der Waals surface area contributed by atoms with E-state index in [1.165, 1.54) is 59.7 Å². The molecule has 3 aromatic carbocycles. The van der Waals surface area contributed by atoms with E-state index >= 15 is 0 Å². The summed E-state index contributed by atoms with van der Waals surface area (Å²) in [5, 5.41) is 2.07. The lowest BCUT2D eigenvalue weighted by atomic mass is 10.0. The van der Waals surface area contributed by atoms with Crippen LogP contribution in [0.1, 0.15) is 76.3 Å². The molecule has 0 unspecified atom stereocenters. The van der Waals surface area contributed by atoms with Gasteiger partial charge in [0.2, 0.25) is 10.9 Å². The second kappa shape index (κ2) is 12.4. The molecule has 2 aliphatic rings. The summed E-state index contributed by atoms with van der Waals surface area (Å²) in [6.45, 7) is 6.28. The number of rotatable bonds is 12. The van der Waals surface area contributed by atoms with Gasteiger partial charge in [0.25, 0.3) is 0 Å². The SMILES string of the molecule is CCCCCCN1/C(=C/c2c(/C=C3/Sc4ccccc4N3CCCCCC)c(=O)c2=O)Sc2ccccc21. The van der Waals surface area contributed by atoms with Gasteiger partial charge in [0, 0.05) is 34.0 Å². The van der Waals surface area contributed by atoms with E-state index in [-0.39, 0.29) is 10.9 Å². The monoisotopic (exact) mass is 544 g/mol. The van der Waals surface area contributed by atoms with E-state index < -0.39 is 0 Å². The summed E-state index contributed by atoms with van der Waals surface area (Å²) in [6.07, 6.45) is 13.4. The molecule has 0 fully saturated rings. The summed E-state index contributed by atoms with van der Waals surface area (Å²) < 4.78 is 0. The highest BCUT2D eigenvalue weighted by Gasteiger charge is 2.29.